The molecule has 348 valence electrons. The van der Waals surface area contributed by atoms with Crippen molar-refractivity contribution in [1.82, 2.24) is 49.8 Å². The largest absolute Gasteiger partial charge is 2.00 e. The van der Waals surface area contributed by atoms with Crippen LogP contribution in [-0.4, -0.2) is 39.9 Å². The number of aromatic nitrogens is 10. The first-order valence-corrected chi connectivity index (χ1v) is 23.2. The van der Waals surface area contributed by atoms with Crippen LogP contribution < -0.4 is 9.97 Å². The second kappa shape index (κ2) is 18.5. The third-order valence-electron chi connectivity index (χ3n) is 12.3. The molecular formula is C58H58FeN10. The van der Waals surface area contributed by atoms with Crippen LogP contribution in [0.4, 0.5) is 0 Å². The van der Waals surface area contributed by atoms with Gasteiger partial charge >= 0.3 is 17.1 Å². The van der Waals surface area contributed by atoms with Crippen molar-refractivity contribution in [2.75, 3.05) is 0 Å². The molecule has 0 atom stereocenters. The van der Waals surface area contributed by atoms with E-state index in [2.05, 4.69) is 166 Å². The van der Waals surface area contributed by atoms with Gasteiger partial charge in [-0.2, -0.15) is 0 Å². The standard InChI is InChI=1S/C48H48N8.2C5H5N.Fe/c1-45(2,3)25-13-17-29-33(21-25)41-49-37(29)54-42-35-23-27(47(7,8)9)15-19-31(35)39(51-42)56-44-36-24-28(48(10,11)12)16-20-32(36)40(52-44)55-43-34-22-26(46(4,5)6)14-18-30(34)38(50-43)53-41;2*1-2-4-6-5-3-1;/h13-24H,1-12H3;2*1-5H;/q-2;;;+2. The molecule has 10 nitrogen and oxygen atoms in total. The third-order valence-corrected chi connectivity index (χ3v) is 12.3. The van der Waals surface area contributed by atoms with E-state index in [0.717, 1.165) is 43.8 Å². The van der Waals surface area contributed by atoms with Crippen LogP contribution >= 0.6 is 0 Å². The van der Waals surface area contributed by atoms with Crippen LogP contribution in [0.15, 0.2) is 134 Å². The van der Waals surface area contributed by atoms with E-state index >= 15 is 0 Å². The van der Waals surface area contributed by atoms with Crippen molar-refractivity contribution < 1.29 is 17.1 Å². The Kier molecular flexibility index (Phi) is 13.0. The smallest absolute Gasteiger partial charge is 0.357 e. The molecule has 11 heteroatoms. The number of rotatable bonds is 0. The van der Waals surface area contributed by atoms with Gasteiger partial charge in [0.1, 0.15) is 0 Å². The SMILES string of the molecule is CC(C)(C)c1ccc2c(c1)-c1nc-2nc2[n-]c(nc3nc(nc4[n-]c(n1)c1ccc(C(C)(C)C)cc41)-c1ccc(C(C)(C)C)cc1-3)c1ccc(C(C)(C)C)cc21.[Fe+2].c1ccncc1.c1ccncc1. The molecule has 8 bridgehead atoms. The Hall–Kier alpha value is -6.94. The maximum Gasteiger partial charge on any atom is 2.00 e. The summed E-state index contributed by atoms with van der Waals surface area (Å²) in [6, 6.07) is 37.4. The maximum atomic E-state index is 5.25. The van der Waals surface area contributed by atoms with Gasteiger partial charge in [-0.25, -0.2) is 9.97 Å². The molecule has 7 heterocycles. The van der Waals surface area contributed by atoms with E-state index in [-0.39, 0.29) is 38.7 Å². The van der Waals surface area contributed by atoms with E-state index in [1.165, 1.54) is 22.3 Å². The molecule has 0 saturated carbocycles. The van der Waals surface area contributed by atoms with E-state index < -0.39 is 0 Å². The predicted octanol–water partition coefficient (Wildman–Crippen LogP) is 13.5. The molecule has 0 spiro atoms. The Morgan fingerprint density at radius 3 is 0.884 bits per heavy atom. The minimum absolute atomic E-state index is 0. The molecule has 11 rings (SSSR count). The van der Waals surface area contributed by atoms with Gasteiger partial charge < -0.3 is 29.9 Å². The Morgan fingerprint density at radius 1 is 0.304 bits per heavy atom. The molecule has 2 aliphatic rings. The number of hydrogen-bond acceptors (Lipinski definition) is 8. The summed E-state index contributed by atoms with van der Waals surface area (Å²) >= 11 is 0. The van der Waals surface area contributed by atoms with Crippen LogP contribution in [0.2, 0.25) is 0 Å². The molecule has 0 radical (unpaired) electrons. The molecule has 69 heavy (non-hydrogen) atoms. The van der Waals surface area contributed by atoms with E-state index in [0.29, 0.717) is 45.9 Å². The molecule has 0 saturated heterocycles. The van der Waals surface area contributed by atoms with E-state index in [9.17, 15) is 0 Å². The minimum atomic E-state index is -0.0826. The van der Waals surface area contributed by atoms with Crippen molar-refractivity contribution in [3.8, 4) is 45.6 Å². The Balaban J connectivity index is 0.000000432. The summed E-state index contributed by atoms with van der Waals surface area (Å²) < 4.78 is 0. The summed E-state index contributed by atoms with van der Waals surface area (Å²) in [6.45, 7) is 26.6. The van der Waals surface area contributed by atoms with Gasteiger partial charge in [-0.1, -0.05) is 144 Å². The molecule has 2 aliphatic heterocycles. The van der Waals surface area contributed by atoms with Gasteiger partial charge in [0.25, 0.3) is 0 Å². The quantitative estimate of drug-likeness (QED) is 0.135. The first-order chi connectivity index (χ1) is 32.2. The second-order valence-electron chi connectivity index (χ2n) is 21.6. The fourth-order valence-electron chi connectivity index (χ4n) is 8.15. The van der Waals surface area contributed by atoms with Crippen LogP contribution in [0.5, 0.6) is 0 Å². The molecule has 5 aromatic heterocycles. The van der Waals surface area contributed by atoms with Gasteiger partial charge in [-0.15, -0.1) is 0 Å². The van der Waals surface area contributed by atoms with Gasteiger partial charge in [0.05, 0.1) is 23.3 Å². The van der Waals surface area contributed by atoms with Gasteiger partial charge in [0.15, 0.2) is 0 Å². The average Bonchev–Trinajstić information content (AvgIpc) is 4.04. The third kappa shape index (κ3) is 10.1. The van der Waals surface area contributed by atoms with Crippen LogP contribution in [-0.2, 0) is 38.7 Å². The van der Waals surface area contributed by atoms with Crippen LogP contribution in [0.3, 0.4) is 0 Å². The number of pyridine rings is 2. The maximum absolute atomic E-state index is 5.25. The second-order valence-corrected chi connectivity index (χ2v) is 21.6. The van der Waals surface area contributed by atoms with Crippen molar-refractivity contribution in [3.05, 3.63) is 156 Å². The van der Waals surface area contributed by atoms with E-state index in [4.69, 9.17) is 39.9 Å². The monoisotopic (exact) mass is 950 g/mol. The molecule has 0 N–H and O–H groups in total. The Bertz CT molecular complexity index is 3210. The first kappa shape index (κ1) is 48.5. The number of benzene rings is 4. The van der Waals surface area contributed by atoms with Gasteiger partial charge in [-0.05, 0) is 114 Å². The van der Waals surface area contributed by atoms with Crippen LogP contribution in [0.1, 0.15) is 105 Å². The summed E-state index contributed by atoms with van der Waals surface area (Å²) in [5.41, 5.74) is 10.3. The molecule has 0 amide bonds. The minimum Gasteiger partial charge on any atom is -0.357 e. The number of fused-ring (bicyclic) bond motifs is 20. The van der Waals surface area contributed by atoms with Crippen molar-refractivity contribution in [3.63, 3.8) is 0 Å². The zero-order valence-electron chi connectivity index (χ0n) is 41.5. The zero-order valence-corrected chi connectivity index (χ0v) is 42.6. The van der Waals surface area contributed by atoms with Crippen LogP contribution in [0.25, 0.3) is 89.7 Å². The van der Waals surface area contributed by atoms with Crippen molar-refractivity contribution in [2.24, 2.45) is 0 Å². The Morgan fingerprint density at radius 2 is 0.594 bits per heavy atom. The van der Waals surface area contributed by atoms with Gasteiger partial charge in [0.2, 0.25) is 0 Å². The Labute approximate surface area is 415 Å². The van der Waals surface area contributed by atoms with Gasteiger partial charge in [-0.3, -0.25) is 9.97 Å². The van der Waals surface area contributed by atoms with Crippen LogP contribution in [0, 0.1) is 0 Å². The summed E-state index contributed by atoms with van der Waals surface area (Å²) in [5.74, 6) is 2.24. The molecule has 0 aliphatic carbocycles. The van der Waals surface area contributed by atoms with Crippen molar-refractivity contribution in [2.45, 2.75) is 105 Å². The van der Waals surface area contributed by atoms with Gasteiger partial charge in [0, 0.05) is 69.6 Å². The summed E-state index contributed by atoms with van der Waals surface area (Å²) in [5, 5.41) is 3.64. The zero-order chi connectivity index (χ0) is 48.2. The predicted molar refractivity (Wildman–Crippen MR) is 277 cm³/mol. The summed E-state index contributed by atoms with van der Waals surface area (Å²) in [4.78, 5) is 49.2. The average molecular weight is 951 g/mol. The molecule has 9 aromatic rings. The van der Waals surface area contributed by atoms with E-state index in [1.54, 1.807) is 24.8 Å². The van der Waals surface area contributed by atoms with Crippen molar-refractivity contribution in [1.29, 1.82) is 0 Å². The topological polar surface area (TPSA) is 131 Å². The fourth-order valence-corrected chi connectivity index (χ4v) is 8.15. The summed E-state index contributed by atoms with van der Waals surface area (Å²) in [7, 11) is 0. The molecule has 0 fully saturated rings. The number of hydrogen-bond donors (Lipinski definition) is 0. The first-order valence-electron chi connectivity index (χ1n) is 23.2. The fraction of sp³-hybridized carbons (Fsp3) is 0.276. The normalized spacial score (nSPS) is 12.2. The number of nitrogens with zero attached hydrogens (tertiary/aromatic N) is 10. The van der Waals surface area contributed by atoms with Crippen molar-refractivity contribution >= 4 is 44.1 Å². The summed E-state index contributed by atoms with van der Waals surface area (Å²) in [6.07, 6.45) is 7.00. The molecular weight excluding hydrogens is 893 g/mol. The molecule has 4 aromatic carbocycles. The van der Waals surface area contributed by atoms with E-state index in [1.807, 2.05) is 36.4 Å². The molecule has 0 unspecified atom stereocenters.